The van der Waals surface area contributed by atoms with Gasteiger partial charge in [0.15, 0.2) is 5.16 Å². The van der Waals surface area contributed by atoms with Crippen LogP contribution in [0, 0.1) is 5.82 Å². The zero-order chi connectivity index (χ0) is 17.6. The molecule has 1 atom stereocenters. The third-order valence-electron chi connectivity index (χ3n) is 3.45. The molecule has 3 rings (SSSR count). The van der Waals surface area contributed by atoms with Crippen molar-refractivity contribution in [3.63, 3.8) is 0 Å². The molecule has 0 amide bonds. The van der Waals surface area contributed by atoms with Crippen LogP contribution in [0.1, 0.15) is 17.7 Å². The monoisotopic (exact) mass is 357 g/mol. The summed E-state index contributed by atoms with van der Waals surface area (Å²) in [6, 6.07) is 15.6. The normalized spacial score (nSPS) is 11.9. The second-order valence-corrected chi connectivity index (χ2v) is 6.17. The summed E-state index contributed by atoms with van der Waals surface area (Å²) in [4.78, 5) is 12.4. The average Bonchev–Trinajstić information content (AvgIpc) is 3.09. The van der Waals surface area contributed by atoms with Crippen LogP contribution in [0.2, 0.25) is 0 Å². The Hall–Kier alpha value is -2.67. The second kappa shape index (κ2) is 7.94. The molecule has 0 saturated carbocycles. The molecule has 1 aromatic heterocycles. The molecule has 0 aliphatic carbocycles. The van der Waals surface area contributed by atoms with Gasteiger partial charge in [-0.2, -0.15) is 0 Å². The van der Waals surface area contributed by atoms with E-state index in [9.17, 15) is 9.18 Å². The number of para-hydroxylation sites is 1. The lowest BCUT2D eigenvalue weighted by Gasteiger charge is -2.15. The number of esters is 1. The molecule has 0 spiro atoms. The summed E-state index contributed by atoms with van der Waals surface area (Å²) in [7, 11) is 0. The van der Waals surface area contributed by atoms with Gasteiger partial charge in [0.2, 0.25) is 0 Å². The lowest BCUT2D eigenvalue weighted by Crippen LogP contribution is -2.14. The number of rotatable bonds is 6. The van der Waals surface area contributed by atoms with E-state index in [1.54, 1.807) is 25.1 Å². The van der Waals surface area contributed by atoms with Crippen molar-refractivity contribution >= 4 is 17.7 Å². The van der Waals surface area contributed by atoms with Crippen molar-refractivity contribution in [3.05, 3.63) is 72.3 Å². The van der Waals surface area contributed by atoms with Gasteiger partial charge < -0.3 is 4.74 Å². The van der Waals surface area contributed by atoms with Gasteiger partial charge in [0.25, 0.3) is 0 Å². The summed E-state index contributed by atoms with van der Waals surface area (Å²) in [6.45, 7) is 2.04. The molecular formula is C18H16FN3O2S. The van der Waals surface area contributed by atoms with E-state index in [0.29, 0.717) is 10.8 Å². The van der Waals surface area contributed by atoms with Crippen LogP contribution in [-0.4, -0.2) is 27.3 Å². The molecular weight excluding hydrogens is 341 g/mol. The maximum atomic E-state index is 14.1. The van der Waals surface area contributed by atoms with E-state index in [4.69, 9.17) is 4.74 Å². The van der Waals surface area contributed by atoms with Crippen LogP contribution in [0.4, 0.5) is 4.39 Å². The first-order valence-corrected chi connectivity index (χ1v) is 8.62. The predicted molar refractivity (Wildman–Crippen MR) is 93.0 cm³/mol. The third kappa shape index (κ3) is 3.88. The van der Waals surface area contributed by atoms with Gasteiger partial charge in [-0.1, -0.05) is 54.2 Å². The maximum Gasteiger partial charge on any atom is 0.324 e. The first kappa shape index (κ1) is 17.2. The highest BCUT2D eigenvalue weighted by Gasteiger charge is 2.26. The minimum Gasteiger partial charge on any atom is -0.465 e. The van der Waals surface area contributed by atoms with Gasteiger partial charge in [-0.05, 0) is 24.6 Å². The van der Waals surface area contributed by atoms with Crippen LogP contribution in [-0.2, 0) is 9.53 Å². The van der Waals surface area contributed by atoms with Crippen LogP contribution in [0.3, 0.4) is 0 Å². The van der Waals surface area contributed by atoms with E-state index in [0.717, 1.165) is 5.56 Å². The molecule has 3 aromatic rings. The molecule has 0 saturated heterocycles. The molecule has 0 N–H and O–H groups in total. The van der Waals surface area contributed by atoms with E-state index in [2.05, 4.69) is 10.2 Å². The molecule has 0 fully saturated rings. The third-order valence-corrected chi connectivity index (χ3v) is 4.64. The summed E-state index contributed by atoms with van der Waals surface area (Å²) in [6.07, 6.45) is 1.42. The van der Waals surface area contributed by atoms with Crippen molar-refractivity contribution < 1.29 is 13.9 Å². The van der Waals surface area contributed by atoms with Crippen LogP contribution in [0.15, 0.2) is 66.1 Å². The smallest absolute Gasteiger partial charge is 0.324 e. The molecule has 2 aromatic carbocycles. The molecule has 0 aliphatic rings. The minimum atomic E-state index is -0.615. The summed E-state index contributed by atoms with van der Waals surface area (Å²) >= 11 is 1.17. The molecule has 0 bridgehead atoms. The van der Waals surface area contributed by atoms with Crippen molar-refractivity contribution in [2.24, 2.45) is 0 Å². The number of benzene rings is 2. The fourth-order valence-electron chi connectivity index (χ4n) is 2.32. The van der Waals surface area contributed by atoms with Crippen molar-refractivity contribution in [1.29, 1.82) is 0 Å². The number of hydrogen-bond donors (Lipinski definition) is 0. The van der Waals surface area contributed by atoms with Gasteiger partial charge in [-0.15, -0.1) is 10.2 Å². The highest BCUT2D eigenvalue weighted by Crippen LogP contribution is 2.36. The predicted octanol–water partition coefficient (Wildman–Crippen LogP) is 3.80. The summed E-state index contributed by atoms with van der Waals surface area (Å²) in [5.41, 5.74) is 1.11. The van der Waals surface area contributed by atoms with Crippen molar-refractivity contribution in [3.8, 4) is 5.69 Å². The first-order chi connectivity index (χ1) is 12.2. The van der Waals surface area contributed by atoms with Crippen LogP contribution in [0.5, 0.6) is 0 Å². The zero-order valence-corrected chi connectivity index (χ0v) is 14.3. The van der Waals surface area contributed by atoms with E-state index in [-0.39, 0.29) is 12.6 Å². The topological polar surface area (TPSA) is 57.0 Å². The Balaban J connectivity index is 1.95. The Labute approximate surface area is 148 Å². The van der Waals surface area contributed by atoms with Crippen molar-refractivity contribution in [1.82, 2.24) is 14.8 Å². The Morgan fingerprint density at radius 1 is 1.20 bits per heavy atom. The van der Waals surface area contributed by atoms with E-state index in [1.807, 2.05) is 30.3 Å². The number of aromatic nitrogens is 3. The molecule has 0 radical (unpaired) electrons. The summed E-state index contributed by atoms with van der Waals surface area (Å²) < 4.78 is 20.8. The Bertz CT molecular complexity index is 854. The number of thioether (sulfide) groups is 1. The molecule has 0 aliphatic heterocycles. The fourth-order valence-corrected chi connectivity index (χ4v) is 3.34. The van der Waals surface area contributed by atoms with Gasteiger partial charge in [-0.25, -0.2) is 4.39 Å². The molecule has 1 heterocycles. The number of nitrogens with zero attached hydrogens (tertiary/aromatic N) is 3. The van der Waals surface area contributed by atoms with E-state index >= 15 is 0 Å². The standard InChI is InChI=1S/C18H16FN3O2S/c1-2-24-17(23)16(13-8-4-3-5-9-13)25-18-21-20-12-22(18)15-11-7-6-10-14(15)19/h3-12,16H,2H2,1H3/t16-/m1/s1. The minimum absolute atomic E-state index is 0.280. The first-order valence-electron chi connectivity index (χ1n) is 7.74. The zero-order valence-electron chi connectivity index (χ0n) is 13.5. The van der Waals surface area contributed by atoms with Crippen LogP contribution >= 0.6 is 11.8 Å². The molecule has 0 unspecified atom stereocenters. The number of hydrogen-bond acceptors (Lipinski definition) is 5. The lowest BCUT2D eigenvalue weighted by molar-refractivity contribution is -0.142. The Morgan fingerprint density at radius 3 is 2.64 bits per heavy atom. The average molecular weight is 357 g/mol. The van der Waals surface area contributed by atoms with E-state index in [1.165, 1.54) is 28.7 Å². The van der Waals surface area contributed by atoms with Crippen molar-refractivity contribution in [2.75, 3.05) is 6.61 Å². The Morgan fingerprint density at radius 2 is 1.92 bits per heavy atom. The van der Waals surface area contributed by atoms with Gasteiger partial charge >= 0.3 is 5.97 Å². The van der Waals surface area contributed by atoms with Crippen LogP contribution < -0.4 is 0 Å². The number of ether oxygens (including phenoxy) is 1. The summed E-state index contributed by atoms with van der Waals surface area (Å²) in [5, 5.41) is 7.70. The summed E-state index contributed by atoms with van der Waals surface area (Å²) in [5.74, 6) is -0.765. The lowest BCUT2D eigenvalue weighted by atomic mass is 10.1. The molecule has 25 heavy (non-hydrogen) atoms. The maximum absolute atomic E-state index is 14.1. The quantitative estimate of drug-likeness (QED) is 0.496. The van der Waals surface area contributed by atoms with Gasteiger partial charge in [0.05, 0.1) is 12.3 Å². The van der Waals surface area contributed by atoms with E-state index < -0.39 is 11.1 Å². The molecule has 128 valence electrons. The van der Waals surface area contributed by atoms with Gasteiger partial charge in [0.1, 0.15) is 17.4 Å². The molecule has 7 heteroatoms. The molecule has 5 nitrogen and oxygen atoms in total. The van der Waals surface area contributed by atoms with Gasteiger partial charge in [-0.3, -0.25) is 9.36 Å². The Kier molecular flexibility index (Phi) is 5.45. The van der Waals surface area contributed by atoms with Gasteiger partial charge in [0, 0.05) is 0 Å². The SMILES string of the molecule is CCOC(=O)[C@H](Sc1nncn1-c1ccccc1F)c1ccccc1. The highest BCUT2D eigenvalue weighted by atomic mass is 32.2. The fraction of sp³-hybridized carbons (Fsp3) is 0.167. The van der Waals surface area contributed by atoms with Crippen LogP contribution in [0.25, 0.3) is 5.69 Å². The second-order valence-electron chi connectivity index (χ2n) is 5.10. The number of halogens is 1. The highest BCUT2D eigenvalue weighted by molar-refractivity contribution is 8.00. The van der Waals surface area contributed by atoms with Crippen molar-refractivity contribution in [2.45, 2.75) is 17.3 Å². The number of carbonyl (C=O) groups is 1. The number of carbonyl (C=O) groups excluding carboxylic acids is 1. The largest absolute Gasteiger partial charge is 0.465 e.